The van der Waals surface area contributed by atoms with E-state index in [2.05, 4.69) is 85.5 Å². The standard InChI is InChI=1S/C23H23N/c1-3-18-9-4-6-12-20(18)17(2)24-23(15-16-23)22-14-8-11-19-10-5-7-13-21(19)22/h4-14,24H,2-3,15-16H2,1H3. The highest BCUT2D eigenvalue weighted by Gasteiger charge is 2.45. The molecule has 0 bridgehead atoms. The van der Waals surface area contributed by atoms with Gasteiger partial charge in [0, 0.05) is 11.3 Å². The van der Waals surface area contributed by atoms with Crippen molar-refractivity contribution in [3.05, 3.63) is 90.0 Å². The van der Waals surface area contributed by atoms with Gasteiger partial charge in [0.05, 0.1) is 5.54 Å². The van der Waals surface area contributed by atoms with Crippen LogP contribution in [0.25, 0.3) is 16.5 Å². The summed E-state index contributed by atoms with van der Waals surface area (Å²) in [7, 11) is 0. The Morgan fingerprint density at radius 1 is 0.958 bits per heavy atom. The minimum absolute atomic E-state index is 0.0405. The third kappa shape index (κ3) is 2.50. The van der Waals surface area contributed by atoms with Crippen LogP contribution in [-0.4, -0.2) is 0 Å². The van der Waals surface area contributed by atoms with Gasteiger partial charge in [-0.05, 0) is 41.2 Å². The molecule has 1 nitrogen and oxygen atoms in total. The van der Waals surface area contributed by atoms with Crippen molar-refractivity contribution in [2.45, 2.75) is 31.7 Å². The second-order valence-electron chi connectivity index (χ2n) is 6.72. The summed E-state index contributed by atoms with van der Waals surface area (Å²) in [4.78, 5) is 0. The molecule has 120 valence electrons. The maximum absolute atomic E-state index is 4.35. The molecule has 1 saturated carbocycles. The van der Waals surface area contributed by atoms with Crippen molar-refractivity contribution in [2.24, 2.45) is 0 Å². The summed E-state index contributed by atoms with van der Waals surface area (Å²) in [6, 6.07) is 23.8. The van der Waals surface area contributed by atoms with Crippen LogP contribution < -0.4 is 5.32 Å². The van der Waals surface area contributed by atoms with Crippen LogP contribution in [0.4, 0.5) is 0 Å². The van der Waals surface area contributed by atoms with E-state index >= 15 is 0 Å². The van der Waals surface area contributed by atoms with E-state index < -0.39 is 0 Å². The molecule has 1 aliphatic rings. The first-order chi connectivity index (χ1) is 11.7. The number of nitrogens with one attached hydrogen (secondary N) is 1. The number of hydrogen-bond acceptors (Lipinski definition) is 1. The summed E-state index contributed by atoms with van der Waals surface area (Å²) in [5.74, 6) is 0. The molecule has 0 amide bonds. The quantitative estimate of drug-likeness (QED) is 0.641. The molecular formula is C23H23N. The van der Waals surface area contributed by atoms with Gasteiger partial charge >= 0.3 is 0 Å². The van der Waals surface area contributed by atoms with Gasteiger partial charge in [-0.3, -0.25) is 0 Å². The lowest BCUT2D eigenvalue weighted by atomic mass is 9.95. The topological polar surface area (TPSA) is 12.0 Å². The van der Waals surface area contributed by atoms with Gasteiger partial charge in [0.25, 0.3) is 0 Å². The van der Waals surface area contributed by atoms with Gasteiger partial charge in [-0.15, -0.1) is 0 Å². The zero-order chi connectivity index (χ0) is 16.6. The maximum Gasteiger partial charge on any atom is 0.0633 e. The molecule has 1 N–H and O–H groups in total. The van der Waals surface area contributed by atoms with Crippen LogP contribution in [0.3, 0.4) is 0 Å². The molecule has 0 heterocycles. The zero-order valence-corrected chi connectivity index (χ0v) is 14.2. The lowest BCUT2D eigenvalue weighted by Crippen LogP contribution is -2.27. The molecule has 3 aromatic rings. The number of benzene rings is 3. The van der Waals surface area contributed by atoms with Crippen molar-refractivity contribution < 1.29 is 0 Å². The second-order valence-corrected chi connectivity index (χ2v) is 6.72. The lowest BCUT2D eigenvalue weighted by molar-refractivity contribution is 0.636. The number of hydrogen-bond donors (Lipinski definition) is 1. The van der Waals surface area contributed by atoms with E-state index in [1.54, 1.807) is 0 Å². The van der Waals surface area contributed by atoms with Crippen molar-refractivity contribution in [1.82, 2.24) is 5.32 Å². The van der Waals surface area contributed by atoms with Gasteiger partial charge in [0.2, 0.25) is 0 Å². The molecule has 3 aromatic carbocycles. The molecule has 1 fully saturated rings. The van der Waals surface area contributed by atoms with Gasteiger partial charge in [0.1, 0.15) is 0 Å². The predicted octanol–water partition coefficient (Wildman–Crippen LogP) is 5.65. The van der Waals surface area contributed by atoms with Gasteiger partial charge < -0.3 is 5.32 Å². The minimum atomic E-state index is 0.0405. The summed E-state index contributed by atoms with van der Waals surface area (Å²) in [5.41, 5.74) is 5.07. The Balaban J connectivity index is 1.70. The van der Waals surface area contributed by atoms with Crippen molar-refractivity contribution in [3.63, 3.8) is 0 Å². The Kier molecular flexibility index (Phi) is 3.65. The van der Waals surface area contributed by atoms with E-state index in [1.807, 2.05) is 0 Å². The fourth-order valence-corrected chi connectivity index (χ4v) is 3.71. The van der Waals surface area contributed by atoms with Crippen LogP contribution >= 0.6 is 0 Å². The average molecular weight is 313 g/mol. The highest BCUT2D eigenvalue weighted by Crippen LogP contribution is 2.49. The monoisotopic (exact) mass is 313 g/mol. The van der Waals surface area contributed by atoms with Crippen molar-refractivity contribution in [2.75, 3.05) is 0 Å². The van der Waals surface area contributed by atoms with Crippen LogP contribution in [0, 0.1) is 0 Å². The molecule has 0 atom stereocenters. The van der Waals surface area contributed by atoms with Gasteiger partial charge in [-0.2, -0.15) is 0 Å². The van der Waals surface area contributed by atoms with E-state index in [4.69, 9.17) is 0 Å². The number of fused-ring (bicyclic) bond motifs is 1. The van der Waals surface area contributed by atoms with E-state index in [0.717, 1.165) is 25.0 Å². The van der Waals surface area contributed by atoms with Gasteiger partial charge in [-0.25, -0.2) is 0 Å². The number of rotatable bonds is 5. The Morgan fingerprint density at radius 3 is 2.46 bits per heavy atom. The Morgan fingerprint density at radius 2 is 1.67 bits per heavy atom. The van der Waals surface area contributed by atoms with Gasteiger partial charge in [-0.1, -0.05) is 80.2 Å². The summed E-state index contributed by atoms with van der Waals surface area (Å²) < 4.78 is 0. The first-order valence-electron chi connectivity index (χ1n) is 8.77. The Bertz CT molecular complexity index is 897. The van der Waals surface area contributed by atoms with Crippen LogP contribution in [0.2, 0.25) is 0 Å². The molecule has 0 saturated heterocycles. The highest BCUT2D eigenvalue weighted by molar-refractivity contribution is 5.87. The molecule has 0 unspecified atom stereocenters. The second kappa shape index (κ2) is 5.83. The van der Waals surface area contributed by atoms with Crippen molar-refractivity contribution in [1.29, 1.82) is 0 Å². The lowest BCUT2D eigenvalue weighted by Gasteiger charge is -2.24. The molecule has 0 spiro atoms. The maximum atomic E-state index is 4.35. The first-order valence-corrected chi connectivity index (χ1v) is 8.77. The summed E-state index contributed by atoms with van der Waals surface area (Å²) in [6.45, 7) is 6.55. The first kappa shape index (κ1) is 15.0. The summed E-state index contributed by atoms with van der Waals surface area (Å²) in [5, 5.41) is 6.43. The predicted molar refractivity (Wildman–Crippen MR) is 103 cm³/mol. The van der Waals surface area contributed by atoms with E-state index in [9.17, 15) is 0 Å². The van der Waals surface area contributed by atoms with Crippen LogP contribution in [0.1, 0.15) is 36.5 Å². The van der Waals surface area contributed by atoms with E-state index in [0.29, 0.717) is 0 Å². The Labute approximate surface area is 144 Å². The summed E-state index contributed by atoms with van der Waals surface area (Å²) >= 11 is 0. The zero-order valence-electron chi connectivity index (χ0n) is 14.2. The third-order valence-electron chi connectivity index (χ3n) is 5.17. The van der Waals surface area contributed by atoms with Crippen molar-refractivity contribution in [3.8, 4) is 0 Å². The molecule has 1 heteroatoms. The van der Waals surface area contributed by atoms with Crippen LogP contribution in [-0.2, 0) is 12.0 Å². The molecular weight excluding hydrogens is 290 g/mol. The minimum Gasteiger partial charge on any atom is -0.375 e. The molecule has 0 aliphatic heterocycles. The van der Waals surface area contributed by atoms with Crippen molar-refractivity contribution >= 4 is 16.5 Å². The fourth-order valence-electron chi connectivity index (χ4n) is 3.71. The molecule has 24 heavy (non-hydrogen) atoms. The van der Waals surface area contributed by atoms with Crippen LogP contribution in [0.5, 0.6) is 0 Å². The fraction of sp³-hybridized carbons (Fsp3) is 0.217. The van der Waals surface area contributed by atoms with E-state index in [1.165, 1.54) is 27.5 Å². The third-order valence-corrected chi connectivity index (χ3v) is 5.17. The molecule has 4 rings (SSSR count). The highest BCUT2D eigenvalue weighted by atomic mass is 15.0. The van der Waals surface area contributed by atoms with Gasteiger partial charge in [0.15, 0.2) is 0 Å². The normalized spacial score (nSPS) is 15.2. The largest absolute Gasteiger partial charge is 0.375 e. The number of aryl methyl sites for hydroxylation is 1. The average Bonchev–Trinajstić information content (AvgIpc) is 3.41. The van der Waals surface area contributed by atoms with E-state index in [-0.39, 0.29) is 5.54 Å². The smallest absolute Gasteiger partial charge is 0.0633 e. The SMILES string of the molecule is C=C(NC1(c2cccc3ccccc23)CC1)c1ccccc1CC. The molecule has 1 aliphatic carbocycles. The van der Waals surface area contributed by atoms with Crippen LogP contribution in [0.15, 0.2) is 73.3 Å². The summed E-state index contributed by atoms with van der Waals surface area (Å²) in [6.07, 6.45) is 3.35. The molecule has 0 aromatic heterocycles. The Hall–Kier alpha value is -2.54. The molecule has 0 radical (unpaired) electrons.